The molecule has 1 heterocycles. The van der Waals surface area contributed by atoms with Crippen molar-refractivity contribution in [3.8, 4) is 0 Å². The zero-order valence-corrected chi connectivity index (χ0v) is 17.6. The fraction of sp³-hybridized carbons (Fsp3) is 0.867. The smallest absolute Gasteiger partial charge is 0.410 e. The van der Waals surface area contributed by atoms with Gasteiger partial charge >= 0.3 is 6.09 Å². The number of carbonyl (C=O) groups excluding carboxylic acids is 1. The Balaban J connectivity index is 0.00000484. The summed E-state index contributed by atoms with van der Waals surface area (Å²) < 4.78 is 10.7. The predicted molar refractivity (Wildman–Crippen MR) is 103 cm³/mol. The minimum Gasteiger partial charge on any atom is -0.444 e. The molecule has 7 nitrogen and oxygen atoms in total. The van der Waals surface area contributed by atoms with Gasteiger partial charge in [0.1, 0.15) is 5.60 Å². The van der Waals surface area contributed by atoms with Crippen molar-refractivity contribution in [2.45, 2.75) is 51.9 Å². The van der Waals surface area contributed by atoms with E-state index >= 15 is 0 Å². The maximum absolute atomic E-state index is 11.9. The number of methoxy groups -OCH3 is 1. The predicted octanol–water partition coefficient (Wildman–Crippen LogP) is 1.81. The summed E-state index contributed by atoms with van der Waals surface area (Å²) in [6, 6.07) is 0.185. The van der Waals surface area contributed by atoms with E-state index in [9.17, 15) is 4.79 Å². The molecule has 0 aromatic carbocycles. The molecule has 2 N–H and O–H groups in total. The first kappa shape index (κ1) is 22.2. The van der Waals surface area contributed by atoms with Gasteiger partial charge in [-0.25, -0.2) is 4.79 Å². The lowest BCUT2D eigenvalue weighted by molar-refractivity contribution is 0.00689. The normalized spacial score (nSPS) is 16.3. The molecule has 0 unspecified atom stereocenters. The molecule has 0 bridgehead atoms. The first-order valence-electron chi connectivity index (χ1n) is 7.56. The first-order valence-corrected chi connectivity index (χ1v) is 7.56. The van der Waals surface area contributed by atoms with Crippen molar-refractivity contribution in [1.29, 1.82) is 0 Å². The molecule has 0 spiro atoms. The molecule has 1 aliphatic heterocycles. The highest BCUT2D eigenvalue weighted by atomic mass is 127. The van der Waals surface area contributed by atoms with Gasteiger partial charge in [0.2, 0.25) is 0 Å². The van der Waals surface area contributed by atoms with Gasteiger partial charge in [0.15, 0.2) is 5.96 Å². The molecule has 0 radical (unpaired) electrons. The summed E-state index contributed by atoms with van der Waals surface area (Å²) in [7, 11) is 3.40. The van der Waals surface area contributed by atoms with Crippen LogP contribution in [-0.2, 0) is 9.47 Å². The highest BCUT2D eigenvalue weighted by Gasteiger charge is 2.34. The van der Waals surface area contributed by atoms with Crippen molar-refractivity contribution in [3.63, 3.8) is 0 Å². The molecule has 8 heteroatoms. The standard InChI is InChI=1S/C15H30N4O3.HI/c1-14(2,3)22-13(20)19-8-11(9-19)18-12(16-6)17-10-15(4,5)21-7;/h11H,8-10H2,1-7H3,(H2,16,17,18);1H. The van der Waals surface area contributed by atoms with Crippen LogP contribution in [0.1, 0.15) is 34.6 Å². The minimum absolute atomic E-state index is 0. The number of guanidine groups is 1. The Hall–Kier alpha value is -0.770. The number of carbonyl (C=O) groups is 1. The van der Waals surface area contributed by atoms with Crippen LogP contribution in [0, 0.1) is 0 Å². The maximum Gasteiger partial charge on any atom is 0.410 e. The maximum atomic E-state index is 11.9. The highest BCUT2D eigenvalue weighted by molar-refractivity contribution is 14.0. The lowest BCUT2D eigenvalue weighted by Crippen LogP contribution is -2.63. The molecule has 23 heavy (non-hydrogen) atoms. The number of halogens is 1. The second-order valence-corrected chi connectivity index (χ2v) is 7.12. The Morgan fingerprint density at radius 1 is 1.26 bits per heavy atom. The van der Waals surface area contributed by atoms with Crippen LogP contribution < -0.4 is 10.6 Å². The fourth-order valence-electron chi connectivity index (χ4n) is 1.80. The quantitative estimate of drug-likeness (QED) is 0.395. The molecule has 136 valence electrons. The Labute approximate surface area is 156 Å². The van der Waals surface area contributed by atoms with Gasteiger partial charge in [-0.05, 0) is 34.6 Å². The van der Waals surface area contributed by atoms with Gasteiger partial charge in [-0.15, -0.1) is 24.0 Å². The fourth-order valence-corrected chi connectivity index (χ4v) is 1.80. The van der Waals surface area contributed by atoms with Crippen LogP contribution in [-0.4, -0.2) is 68.0 Å². The van der Waals surface area contributed by atoms with Crippen molar-refractivity contribution < 1.29 is 14.3 Å². The molecule has 0 aromatic heterocycles. The van der Waals surface area contributed by atoms with Gasteiger partial charge < -0.3 is 25.0 Å². The Morgan fingerprint density at radius 3 is 2.26 bits per heavy atom. The first-order chi connectivity index (χ1) is 10.1. The average Bonchev–Trinajstić information content (AvgIpc) is 2.34. The van der Waals surface area contributed by atoms with E-state index in [4.69, 9.17) is 9.47 Å². The number of likely N-dealkylation sites (tertiary alicyclic amines) is 1. The third-order valence-corrected chi connectivity index (χ3v) is 3.33. The summed E-state index contributed by atoms with van der Waals surface area (Å²) in [6.07, 6.45) is -0.269. The molecule has 1 amide bonds. The summed E-state index contributed by atoms with van der Waals surface area (Å²) in [6.45, 7) is 11.5. The van der Waals surface area contributed by atoms with E-state index in [-0.39, 0.29) is 41.7 Å². The number of nitrogens with zero attached hydrogens (tertiary/aromatic N) is 2. The van der Waals surface area contributed by atoms with Gasteiger partial charge in [0.25, 0.3) is 0 Å². The number of rotatable bonds is 4. The molecule has 1 aliphatic rings. The lowest BCUT2D eigenvalue weighted by atomic mass is 10.1. The SMILES string of the molecule is CN=C(NCC(C)(C)OC)NC1CN(C(=O)OC(C)(C)C)C1.I. The summed E-state index contributed by atoms with van der Waals surface area (Å²) in [5, 5.41) is 6.50. The average molecular weight is 442 g/mol. The zero-order valence-electron chi connectivity index (χ0n) is 15.2. The van der Waals surface area contributed by atoms with Gasteiger partial charge in [-0.1, -0.05) is 0 Å². The van der Waals surface area contributed by atoms with Crippen LogP contribution in [0.25, 0.3) is 0 Å². The van der Waals surface area contributed by atoms with Crippen molar-refractivity contribution in [2.24, 2.45) is 4.99 Å². The Morgan fingerprint density at radius 2 is 1.83 bits per heavy atom. The van der Waals surface area contributed by atoms with E-state index in [1.54, 1.807) is 19.1 Å². The third-order valence-electron chi connectivity index (χ3n) is 3.33. The number of amides is 1. The van der Waals surface area contributed by atoms with Crippen molar-refractivity contribution in [3.05, 3.63) is 0 Å². The van der Waals surface area contributed by atoms with Gasteiger partial charge in [0, 0.05) is 33.8 Å². The largest absolute Gasteiger partial charge is 0.444 e. The van der Waals surface area contributed by atoms with E-state index in [1.807, 2.05) is 34.6 Å². The number of hydrogen-bond donors (Lipinski definition) is 2. The molecule has 1 fully saturated rings. The van der Waals surface area contributed by atoms with E-state index in [2.05, 4.69) is 15.6 Å². The molecular formula is C15H31IN4O3. The van der Waals surface area contributed by atoms with Crippen molar-refractivity contribution >= 4 is 36.0 Å². The van der Waals surface area contributed by atoms with Crippen LogP contribution in [0.15, 0.2) is 4.99 Å². The summed E-state index contributed by atoms with van der Waals surface area (Å²) in [4.78, 5) is 17.7. The third kappa shape index (κ3) is 8.05. The summed E-state index contributed by atoms with van der Waals surface area (Å²) in [5.74, 6) is 0.707. The van der Waals surface area contributed by atoms with Crippen LogP contribution in [0.3, 0.4) is 0 Å². The number of ether oxygens (including phenoxy) is 2. The zero-order chi connectivity index (χ0) is 17.0. The Bertz CT molecular complexity index is 415. The van der Waals surface area contributed by atoms with Crippen LogP contribution in [0.5, 0.6) is 0 Å². The van der Waals surface area contributed by atoms with Gasteiger partial charge in [-0.3, -0.25) is 4.99 Å². The summed E-state index contributed by atoms with van der Waals surface area (Å²) >= 11 is 0. The molecule has 0 aliphatic carbocycles. The van der Waals surface area contributed by atoms with Crippen LogP contribution in [0.4, 0.5) is 4.79 Å². The molecule has 1 saturated heterocycles. The van der Waals surface area contributed by atoms with E-state index < -0.39 is 5.60 Å². The van der Waals surface area contributed by atoms with Gasteiger partial charge in [-0.2, -0.15) is 0 Å². The molecule has 0 atom stereocenters. The van der Waals surface area contributed by atoms with E-state index in [1.165, 1.54) is 0 Å². The Kier molecular flexibility index (Phi) is 8.61. The van der Waals surface area contributed by atoms with Crippen LogP contribution >= 0.6 is 24.0 Å². The molecule has 0 aromatic rings. The van der Waals surface area contributed by atoms with Gasteiger partial charge in [0.05, 0.1) is 11.6 Å². The number of aliphatic imine (C=N–C) groups is 1. The topological polar surface area (TPSA) is 75.2 Å². The van der Waals surface area contributed by atoms with E-state index in [0.717, 1.165) is 0 Å². The lowest BCUT2D eigenvalue weighted by Gasteiger charge is -2.40. The molecular weight excluding hydrogens is 411 g/mol. The second-order valence-electron chi connectivity index (χ2n) is 7.12. The summed E-state index contributed by atoms with van der Waals surface area (Å²) in [5.41, 5.74) is -0.724. The second kappa shape index (κ2) is 8.91. The molecule has 0 saturated carbocycles. The molecule has 1 rings (SSSR count). The number of nitrogens with one attached hydrogen (secondary N) is 2. The van der Waals surface area contributed by atoms with Crippen LogP contribution in [0.2, 0.25) is 0 Å². The van der Waals surface area contributed by atoms with Crippen molar-refractivity contribution in [1.82, 2.24) is 15.5 Å². The monoisotopic (exact) mass is 442 g/mol. The number of hydrogen-bond acceptors (Lipinski definition) is 4. The minimum atomic E-state index is -0.459. The van der Waals surface area contributed by atoms with Crippen molar-refractivity contribution in [2.75, 3.05) is 33.8 Å². The van der Waals surface area contributed by atoms with E-state index in [0.29, 0.717) is 25.6 Å². The highest BCUT2D eigenvalue weighted by Crippen LogP contribution is 2.15.